The van der Waals surface area contributed by atoms with Crippen molar-refractivity contribution in [1.29, 1.82) is 0 Å². The summed E-state index contributed by atoms with van der Waals surface area (Å²) in [6.07, 6.45) is 0.838. The second-order valence-electron chi connectivity index (χ2n) is 11.9. The summed E-state index contributed by atoms with van der Waals surface area (Å²) in [4.78, 5) is 4.89. The molecular weight excluding hydrogens is 569 g/mol. The Morgan fingerprint density at radius 1 is 0.532 bits per heavy atom. The Balaban J connectivity index is 1.19. The molecule has 9 rings (SSSR count). The average Bonchev–Trinajstić information content (AvgIpc) is 3.57. The lowest BCUT2D eigenvalue weighted by Crippen LogP contribution is -2.00. The van der Waals surface area contributed by atoms with Crippen LogP contribution in [-0.4, -0.2) is 9.55 Å². The normalized spacial score (nSPS) is 13.1. The standard InChI is InChI=1S/C45H32N2/c1-2-43-46-41-18-10-11-19-42(41)47(43)36-27-26-33-28-35(25-24-34(33)29-36)45-39-16-8-6-14-37(39)44(38-15-7-9-17-40(38)45)32-22-20-31(21-23-32)30-12-4-3-5-13-30/h3-29H,2H2,1H3/i3D,4D,5D,12D,13D. The highest BCUT2D eigenvalue weighted by Gasteiger charge is 2.17. The molecule has 2 nitrogen and oxygen atoms in total. The number of benzene rings is 8. The van der Waals surface area contributed by atoms with E-state index in [-0.39, 0.29) is 29.7 Å². The number of fused-ring (bicyclic) bond motifs is 4. The van der Waals surface area contributed by atoms with Gasteiger partial charge in [-0.05, 0) is 96.0 Å². The molecule has 1 aromatic heterocycles. The van der Waals surface area contributed by atoms with Crippen LogP contribution in [0.3, 0.4) is 0 Å². The molecule has 2 heteroatoms. The first kappa shape index (κ1) is 22.5. The van der Waals surface area contributed by atoms with Crippen LogP contribution in [0.5, 0.6) is 0 Å². The van der Waals surface area contributed by atoms with Gasteiger partial charge in [-0.25, -0.2) is 4.98 Å². The predicted molar refractivity (Wildman–Crippen MR) is 199 cm³/mol. The molecule has 9 aromatic rings. The van der Waals surface area contributed by atoms with Crippen LogP contribution in [0.2, 0.25) is 0 Å². The van der Waals surface area contributed by atoms with Gasteiger partial charge >= 0.3 is 0 Å². The molecule has 0 saturated heterocycles. The van der Waals surface area contributed by atoms with E-state index in [4.69, 9.17) is 11.8 Å². The summed E-state index contributed by atoms with van der Waals surface area (Å²) >= 11 is 0. The SMILES string of the molecule is [2H]c1c([2H])c([2H])c(-c2ccc(-c3c4ccccc4c(-c4ccc5cc(-n6c(CC)nc7ccccc76)ccc5c4)c4ccccc34)cc2)c([2H])c1[2H]. The highest BCUT2D eigenvalue weighted by Crippen LogP contribution is 2.44. The molecule has 0 aliphatic rings. The number of aromatic nitrogens is 2. The van der Waals surface area contributed by atoms with Gasteiger partial charge < -0.3 is 0 Å². The second kappa shape index (κ2) is 11.1. The van der Waals surface area contributed by atoms with Gasteiger partial charge in [0.15, 0.2) is 0 Å². The highest BCUT2D eigenvalue weighted by molar-refractivity contribution is 6.21. The van der Waals surface area contributed by atoms with Crippen LogP contribution in [0.25, 0.3) is 82.4 Å². The molecule has 0 aliphatic carbocycles. The van der Waals surface area contributed by atoms with E-state index in [1.807, 2.05) is 30.3 Å². The van der Waals surface area contributed by atoms with Crippen LogP contribution in [0, 0.1) is 0 Å². The van der Waals surface area contributed by atoms with Crippen molar-refractivity contribution in [2.75, 3.05) is 0 Å². The Morgan fingerprint density at radius 3 is 1.77 bits per heavy atom. The molecule has 0 spiro atoms. The van der Waals surface area contributed by atoms with Gasteiger partial charge in [-0.15, -0.1) is 0 Å². The molecule has 47 heavy (non-hydrogen) atoms. The quantitative estimate of drug-likeness (QED) is 0.178. The van der Waals surface area contributed by atoms with Gasteiger partial charge in [-0.2, -0.15) is 0 Å². The molecule has 1 heterocycles. The highest BCUT2D eigenvalue weighted by atomic mass is 15.1. The number of imidazole rings is 1. The zero-order valence-electron chi connectivity index (χ0n) is 30.8. The van der Waals surface area contributed by atoms with Gasteiger partial charge in [0.1, 0.15) is 5.82 Å². The average molecular weight is 606 g/mol. The topological polar surface area (TPSA) is 17.8 Å². The molecular formula is C45H32N2. The molecule has 0 aliphatic heterocycles. The van der Waals surface area contributed by atoms with Gasteiger partial charge in [0, 0.05) is 12.1 Å². The van der Waals surface area contributed by atoms with Crippen molar-refractivity contribution in [1.82, 2.24) is 9.55 Å². The maximum Gasteiger partial charge on any atom is 0.114 e. The van der Waals surface area contributed by atoms with E-state index in [1.54, 1.807) is 0 Å². The summed E-state index contributed by atoms with van der Waals surface area (Å²) in [7, 11) is 0. The molecule has 0 saturated carbocycles. The first-order valence-electron chi connectivity index (χ1n) is 18.5. The minimum absolute atomic E-state index is 0.202. The van der Waals surface area contributed by atoms with Crippen molar-refractivity contribution in [2.45, 2.75) is 13.3 Å². The van der Waals surface area contributed by atoms with Crippen LogP contribution in [0.4, 0.5) is 0 Å². The number of nitrogens with zero attached hydrogens (tertiary/aromatic N) is 2. The third kappa shape index (κ3) is 4.53. The van der Waals surface area contributed by atoms with E-state index >= 15 is 0 Å². The Bertz CT molecular complexity index is 2810. The Labute approximate surface area is 281 Å². The molecule has 0 atom stereocenters. The van der Waals surface area contributed by atoms with E-state index in [9.17, 15) is 0 Å². The number of rotatable bonds is 5. The van der Waals surface area contributed by atoms with E-state index in [0.29, 0.717) is 5.56 Å². The maximum atomic E-state index is 8.47. The van der Waals surface area contributed by atoms with E-state index in [0.717, 1.165) is 78.0 Å². The van der Waals surface area contributed by atoms with Crippen LogP contribution >= 0.6 is 0 Å². The van der Waals surface area contributed by atoms with Crippen LogP contribution < -0.4 is 0 Å². The molecule has 0 radical (unpaired) electrons. The molecule has 0 bridgehead atoms. The van der Waals surface area contributed by atoms with Gasteiger partial charge in [-0.1, -0.05) is 140 Å². The third-order valence-corrected chi connectivity index (χ3v) is 9.21. The van der Waals surface area contributed by atoms with Crippen molar-refractivity contribution in [3.8, 4) is 39.1 Å². The lowest BCUT2D eigenvalue weighted by molar-refractivity contribution is 0.909. The largest absolute Gasteiger partial charge is 0.296 e. The van der Waals surface area contributed by atoms with Crippen molar-refractivity contribution in [3.05, 3.63) is 169 Å². The summed E-state index contributed by atoms with van der Waals surface area (Å²) in [6, 6.07) is 44.9. The fourth-order valence-electron chi connectivity index (χ4n) is 7.08. The summed E-state index contributed by atoms with van der Waals surface area (Å²) in [5.74, 6) is 1.04. The summed E-state index contributed by atoms with van der Waals surface area (Å²) < 4.78 is 43.5. The number of hydrogen-bond acceptors (Lipinski definition) is 1. The van der Waals surface area contributed by atoms with Gasteiger partial charge in [-0.3, -0.25) is 4.57 Å². The molecule has 0 unspecified atom stereocenters. The third-order valence-electron chi connectivity index (χ3n) is 9.21. The van der Waals surface area contributed by atoms with Crippen molar-refractivity contribution in [3.63, 3.8) is 0 Å². The Hall–Kier alpha value is -5.99. The van der Waals surface area contributed by atoms with Crippen LogP contribution in [0.1, 0.15) is 19.6 Å². The van der Waals surface area contributed by atoms with Crippen LogP contribution in [-0.2, 0) is 6.42 Å². The summed E-state index contributed by atoms with van der Waals surface area (Å²) in [5, 5.41) is 6.82. The lowest BCUT2D eigenvalue weighted by Gasteiger charge is -2.18. The fraction of sp³-hybridized carbons (Fsp3) is 0.0444. The number of aryl methyl sites for hydroxylation is 1. The smallest absolute Gasteiger partial charge is 0.114 e. The molecule has 222 valence electrons. The minimum atomic E-state index is -0.390. The molecule has 0 fully saturated rings. The summed E-state index contributed by atoms with van der Waals surface area (Å²) in [6.45, 7) is 2.14. The van der Waals surface area contributed by atoms with Gasteiger partial charge in [0.25, 0.3) is 0 Å². The molecule has 8 aromatic carbocycles. The second-order valence-corrected chi connectivity index (χ2v) is 11.9. The van der Waals surface area contributed by atoms with E-state index in [1.165, 1.54) is 5.56 Å². The number of hydrogen-bond donors (Lipinski definition) is 0. The number of para-hydroxylation sites is 2. The Kier molecular flexibility index (Phi) is 5.32. The first-order chi connectivity index (χ1) is 25.3. The first-order valence-corrected chi connectivity index (χ1v) is 16.0. The van der Waals surface area contributed by atoms with Crippen LogP contribution in [0.15, 0.2) is 164 Å². The lowest BCUT2D eigenvalue weighted by atomic mass is 9.85. The van der Waals surface area contributed by atoms with E-state index < -0.39 is 6.04 Å². The predicted octanol–water partition coefficient (Wildman–Crippen LogP) is 12.0. The zero-order valence-corrected chi connectivity index (χ0v) is 25.8. The molecule has 0 N–H and O–H groups in total. The molecule has 0 amide bonds. The van der Waals surface area contributed by atoms with Gasteiger partial charge in [0.05, 0.1) is 17.9 Å². The van der Waals surface area contributed by atoms with Gasteiger partial charge in [0.2, 0.25) is 0 Å². The van der Waals surface area contributed by atoms with Crippen molar-refractivity contribution in [2.24, 2.45) is 0 Å². The monoisotopic (exact) mass is 605 g/mol. The van der Waals surface area contributed by atoms with Crippen molar-refractivity contribution < 1.29 is 6.85 Å². The zero-order chi connectivity index (χ0) is 35.7. The summed E-state index contributed by atoms with van der Waals surface area (Å²) in [5.41, 5.74) is 8.38. The minimum Gasteiger partial charge on any atom is -0.296 e. The van der Waals surface area contributed by atoms with E-state index in [2.05, 4.69) is 115 Å². The van der Waals surface area contributed by atoms with Crippen molar-refractivity contribution >= 4 is 43.4 Å². The fourth-order valence-corrected chi connectivity index (χ4v) is 7.08. The maximum absolute atomic E-state index is 8.47. The Morgan fingerprint density at radius 2 is 1.09 bits per heavy atom.